The van der Waals surface area contributed by atoms with E-state index in [2.05, 4.69) is 58.5 Å². The summed E-state index contributed by atoms with van der Waals surface area (Å²) in [6, 6.07) is 9.33. The van der Waals surface area contributed by atoms with Gasteiger partial charge >= 0.3 is 0 Å². The van der Waals surface area contributed by atoms with Gasteiger partial charge in [0.2, 0.25) is 0 Å². The van der Waals surface area contributed by atoms with Crippen molar-refractivity contribution in [2.24, 2.45) is 4.99 Å². The number of likely N-dealkylation sites (tertiary alicyclic amines) is 1. The van der Waals surface area contributed by atoms with Gasteiger partial charge in [-0.15, -0.1) is 0 Å². The van der Waals surface area contributed by atoms with Gasteiger partial charge in [-0.2, -0.15) is 0 Å². The number of piperidine rings is 1. The van der Waals surface area contributed by atoms with Crippen LogP contribution in [0.3, 0.4) is 0 Å². The zero-order valence-corrected chi connectivity index (χ0v) is 17.6. The first-order valence-corrected chi connectivity index (χ1v) is 11.0. The first-order chi connectivity index (χ1) is 13.8. The van der Waals surface area contributed by atoms with Gasteiger partial charge in [-0.25, -0.2) is 4.99 Å². The normalized spacial score (nSPS) is 19.6. The van der Waals surface area contributed by atoms with Gasteiger partial charge in [-0.05, 0) is 50.4 Å². The van der Waals surface area contributed by atoms with Crippen molar-refractivity contribution in [3.05, 3.63) is 29.8 Å². The van der Waals surface area contributed by atoms with E-state index in [1.807, 2.05) is 0 Å². The van der Waals surface area contributed by atoms with Gasteiger partial charge in [0.15, 0.2) is 5.96 Å². The first kappa shape index (κ1) is 20.9. The molecule has 2 aliphatic heterocycles. The van der Waals surface area contributed by atoms with Crippen LogP contribution in [0.25, 0.3) is 0 Å². The molecule has 0 spiro atoms. The van der Waals surface area contributed by atoms with Crippen LogP contribution in [0, 0.1) is 0 Å². The third-order valence-electron chi connectivity index (χ3n) is 5.54. The third kappa shape index (κ3) is 6.38. The van der Waals surface area contributed by atoms with Gasteiger partial charge in [0.1, 0.15) is 0 Å². The lowest BCUT2D eigenvalue weighted by molar-refractivity contribution is 0.122. The molecule has 3 rings (SSSR count). The van der Waals surface area contributed by atoms with E-state index in [0.717, 1.165) is 38.8 Å². The average Bonchev–Trinajstić information content (AvgIpc) is 2.75. The third-order valence-corrected chi connectivity index (χ3v) is 5.54. The zero-order valence-electron chi connectivity index (χ0n) is 17.6. The van der Waals surface area contributed by atoms with Crippen LogP contribution in [-0.2, 0) is 11.3 Å². The minimum absolute atomic E-state index is 0.523. The number of anilines is 1. The van der Waals surface area contributed by atoms with Crippen LogP contribution in [-0.4, -0.2) is 69.4 Å². The Kier molecular flexibility index (Phi) is 8.42. The van der Waals surface area contributed by atoms with Crippen molar-refractivity contribution in [2.75, 3.05) is 57.4 Å². The molecule has 0 saturated carbocycles. The fourth-order valence-electron chi connectivity index (χ4n) is 3.93. The number of benzene rings is 1. The largest absolute Gasteiger partial charge is 0.378 e. The molecule has 0 radical (unpaired) electrons. The second-order valence-corrected chi connectivity index (χ2v) is 7.72. The summed E-state index contributed by atoms with van der Waals surface area (Å²) in [6.07, 6.45) is 3.63. The fourth-order valence-corrected chi connectivity index (χ4v) is 3.93. The summed E-state index contributed by atoms with van der Waals surface area (Å²) in [5.74, 6) is 0.939. The van der Waals surface area contributed by atoms with E-state index >= 15 is 0 Å². The second kappa shape index (κ2) is 11.3. The SMILES string of the molecule is CCCN1CCC(NC(=NCc2ccc(N3CCOCC3)cc2)NCC)CC1. The van der Waals surface area contributed by atoms with Crippen LogP contribution in [0.1, 0.15) is 38.7 Å². The van der Waals surface area contributed by atoms with Gasteiger partial charge < -0.3 is 25.2 Å². The minimum Gasteiger partial charge on any atom is -0.378 e. The quantitative estimate of drug-likeness (QED) is 0.556. The molecule has 28 heavy (non-hydrogen) atoms. The maximum absolute atomic E-state index is 5.44. The molecule has 0 aliphatic carbocycles. The number of hydrogen-bond acceptors (Lipinski definition) is 4. The number of morpholine rings is 1. The number of hydrogen-bond donors (Lipinski definition) is 2. The second-order valence-electron chi connectivity index (χ2n) is 7.72. The van der Waals surface area contributed by atoms with Crippen molar-refractivity contribution in [1.82, 2.24) is 15.5 Å². The molecule has 1 aromatic carbocycles. The monoisotopic (exact) mass is 387 g/mol. The molecule has 2 N–H and O–H groups in total. The van der Waals surface area contributed by atoms with E-state index in [1.165, 1.54) is 50.1 Å². The lowest BCUT2D eigenvalue weighted by Gasteiger charge is -2.32. The van der Waals surface area contributed by atoms with Gasteiger partial charge in [0.25, 0.3) is 0 Å². The molecule has 0 unspecified atom stereocenters. The Morgan fingerprint density at radius 2 is 1.79 bits per heavy atom. The minimum atomic E-state index is 0.523. The predicted molar refractivity (Wildman–Crippen MR) is 117 cm³/mol. The molecule has 2 saturated heterocycles. The van der Waals surface area contributed by atoms with Crippen molar-refractivity contribution in [3.63, 3.8) is 0 Å². The van der Waals surface area contributed by atoms with Gasteiger partial charge in [0, 0.05) is 44.5 Å². The smallest absolute Gasteiger partial charge is 0.191 e. The Balaban J connectivity index is 1.51. The molecular formula is C22H37N5O. The molecule has 6 nitrogen and oxygen atoms in total. The molecule has 2 fully saturated rings. The molecular weight excluding hydrogens is 350 g/mol. The van der Waals surface area contributed by atoms with Crippen molar-refractivity contribution in [3.8, 4) is 0 Å². The number of aliphatic imine (C=N–C) groups is 1. The van der Waals surface area contributed by atoms with Gasteiger partial charge in [-0.3, -0.25) is 0 Å². The van der Waals surface area contributed by atoms with Crippen LogP contribution < -0.4 is 15.5 Å². The summed E-state index contributed by atoms with van der Waals surface area (Å²) in [6.45, 7) is 13.2. The lowest BCUT2D eigenvalue weighted by atomic mass is 10.1. The summed E-state index contributed by atoms with van der Waals surface area (Å²) in [4.78, 5) is 9.77. The van der Waals surface area contributed by atoms with E-state index in [-0.39, 0.29) is 0 Å². The molecule has 2 aliphatic rings. The molecule has 6 heteroatoms. The molecule has 0 amide bonds. The summed E-state index contributed by atoms with van der Waals surface area (Å²) < 4.78 is 5.44. The Bertz CT molecular complexity index is 589. The Labute approximate surface area is 170 Å². The van der Waals surface area contributed by atoms with E-state index in [4.69, 9.17) is 9.73 Å². The zero-order chi connectivity index (χ0) is 19.6. The maximum Gasteiger partial charge on any atom is 0.191 e. The Morgan fingerprint density at radius 1 is 1.07 bits per heavy atom. The van der Waals surface area contributed by atoms with Crippen molar-refractivity contribution >= 4 is 11.6 Å². The van der Waals surface area contributed by atoms with Crippen LogP contribution in [0.2, 0.25) is 0 Å². The van der Waals surface area contributed by atoms with Gasteiger partial charge in [-0.1, -0.05) is 19.1 Å². The fraction of sp³-hybridized carbons (Fsp3) is 0.682. The van der Waals surface area contributed by atoms with E-state index < -0.39 is 0 Å². The highest BCUT2D eigenvalue weighted by atomic mass is 16.5. The highest BCUT2D eigenvalue weighted by Crippen LogP contribution is 2.17. The topological polar surface area (TPSA) is 52.1 Å². The predicted octanol–water partition coefficient (Wildman–Crippen LogP) is 2.45. The van der Waals surface area contributed by atoms with Crippen LogP contribution in [0.5, 0.6) is 0 Å². The molecule has 156 valence electrons. The molecule has 2 heterocycles. The number of ether oxygens (including phenoxy) is 1. The standard InChI is InChI=1S/C22H37N5O/c1-3-11-26-12-9-20(10-13-26)25-22(23-4-2)24-18-19-5-7-21(8-6-19)27-14-16-28-17-15-27/h5-8,20H,3-4,9-18H2,1-2H3,(H2,23,24,25). The van der Waals surface area contributed by atoms with Crippen LogP contribution in [0.4, 0.5) is 5.69 Å². The molecule has 0 bridgehead atoms. The average molecular weight is 388 g/mol. The number of nitrogens with one attached hydrogen (secondary N) is 2. The van der Waals surface area contributed by atoms with Crippen molar-refractivity contribution in [2.45, 2.75) is 45.7 Å². The summed E-state index contributed by atoms with van der Waals surface area (Å²) in [7, 11) is 0. The summed E-state index contributed by atoms with van der Waals surface area (Å²) in [5, 5.41) is 7.05. The van der Waals surface area contributed by atoms with Crippen LogP contribution >= 0.6 is 0 Å². The first-order valence-electron chi connectivity index (χ1n) is 11.0. The maximum atomic E-state index is 5.44. The highest BCUT2D eigenvalue weighted by molar-refractivity contribution is 5.80. The number of nitrogens with zero attached hydrogens (tertiary/aromatic N) is 3. The number of rotatable bonds is 7. The van der Waals surface area contributed by atoms with Crippen molar-refractivity contribution in [1.29, 1.82) is 0 Å². The number of guanidine groups is 1. The van der Waals surface area contributed by atoms with E-state index in [9.17, 15) is 0 Å². The highest BCUT2D eigenvalue weighted by Gasteiger charge is 2.19. The lowest BCUT2D eigenvalue weighted by Crippen LogP contribution is -2.48. The van der Waals surface area contributed by atoms with Crippen molar-refractivity contribution < 1.29 is 4.74 Å². The van der Waals surface area contributed by atoms with E-state index in [0.29, 0.717) is 12.6 Å². The molecule has 0 aromatic heterocycles. The molecule has 1 aromatic rings. The Hall–Kier alpha value is -1.79. The Morgan fingerprint density at radius 3 is 2.43 bits per heavy atom. The van der Waals surface area contributed by atoms with Crippen LogP contribution in [0.15, 0.2) is 29.3 Å². The van der Waals surface area contributed by atoms with Gasteiger partial charge in [0.05, 0.1) is 19.8 Å². The molecule has 0 atom stereocenters. The summed E-state index contributed by atoms with van der Waals surface area (Å²) in [5.41, 5.74) is 2.52. The summed E-state index contributed by atoms with van der Waals surface area (Å²) >= 11 is 0. The van der Waals surface area contributed by atoms with E-state index in [1.54, 1.807) is 0 Å².